The molecule has 0 unspecified atom stereocenters. The van der Waals surface area contributed by atoms with Crippen molar-refractivity contribution in [3.63, 3.8) is 0 Å². The monoisotopic (exact) mass is 671 g/mol. The van der Waals surface area contributed by atoms with E-state index in [2.05, 4.69) is 79.8 Å². The molecule has 1 fully saturated rings. The number of allylic oxidation sites excluding steroid dienone is 1. The Kier molecular flexibility index (Phi) is 9.95. The molecule has 0 bridgehead atoms. The zero-order valence-corrected chi connectivity index (χ0v) is 30.1. The highest BCUT2D eigenvalue weighted by Crippen LogP contribution is 2.42. The van der Waals surface area contributed by atoms with Crippen molar-refractivity contribution in [3.8, 4) is 11.3 Å². The van der Waals surface area contributed by atoms with Crippen molar-refractivity contribution >= 4 is 20.2 Å². The van der Waals surface area contributed by atoms with Gasteiger partial charge in [0.05, 0.1) is 12.0 Å². The van der Waals surface area contributed by atoms with E-state index in [0.29, 0.717) is 11.3 Å². The Bertz CT molecular complexity index is 1790. The lowest BCUT2D eigenvalue weighted by atomic mass is 9.77. The molecule has 2 aromatic heterocycles. The zero-order chi connectivity index (χ0) is 34.6. The number of hydrogen-bond donors (Lipinski definition) is 0. The summed E-state index contributed by atoms with van der Waals surface area (Å²) in [5.74, 6) is -0.717. The van der Waals surface area contributed by atoms with Crippen LogP contribution >= 0.6 is 0 Å². The molecule has 0 amide bonds. The molecular weight excluding hydrogens is 626 g/mol. The fourth-order valence-electron chi connectivity index (χ4n) is 6.82. The fourth-order valence-corrected chi connectivity index (χ4v) is 8.24. The van der Waals surface area contributed by atoms with Gasteiger partial charge in [0.2, 0.25) is 5.95 Å². The number of benzene rings is 3. The molecule has 0 aliphatic heterocycles. The number of hydrogen-bond acceptors (Lipinski definition) is 4. The molecular formula is C42H46FN3O2Si. The van der Waals surface area contributed by atoms with E-state index in [1.54, 1.807) is 12.1 Å². The third-order valence-corrected chi connectivity index (χ3v) is 15.1. The predicted molar refractivity (Wildman–Crippen MR) is 198 cm³/mol. The van der Waals surface area contributed by atoms with Crippen LogP contribution in [0.4, 0.5) is 4.39 Å². The van der Waals surface area contributed by atoms with Crippen molar-refractivity contribution in [2.45, 2.75) is 76.2 Å². The summed E-state index contributed by atoms with van der Waals surface area (Å²) in [6, 6.07) is 32.8. The molecule has 0 spiro atoms. The first kappa shape index (κ1) is 34.4. The van der Waals surface area contributed by atoms with Gasteiger partial charge in [0.25, 0.3) is 0 Å². The van der Waals surface area contributed by atoms with Crippen LogP contribution in [0.15, 0.2) is 122 Å². The van der Waals surface area contributed by atoms with E-state index in [1.165, 1.54) is 12.3 Å². The molecule has 2 heterocycles. The Morgan fingerprint density at radius 1 is 0.816 bits per heavy atom. The van der Waals surface area contributed by atoms with Crippen molar-refractivity contribution < 1.29 is 13.6 Å². The van der Waals surface area contributed by atoms with E-state index in [0.717, 1.165) is 42.4 Å². The first-order valence-corrected chi connectivity index (χ1v) is 20.2. The Hall–Kier alpha value is -4.46. The van der Waals surface area contributed by atoms with E-state index in [4.69, 9.17) is 9.41 Å². The minimum absolute atomic E-state index is 0.0155. The number of ketones is 1. The van der Waals surface area contributed by atoms with Crippen molar-refractivity contribution in [1.29, 1.82) is 0 Å². The maximum atomic E-state index is 15.4. The first-order valence-electron chi connectivity index (χ1n) is 17.3. The van der Waals surface area contributed by atoms with Crippen LogP contribution < -0.4 is 0 Å². The molecule has 6 rings (SSSR count). The Balaban J connectivity index is 1.31. The molecule has 1 aliphatic rings. The summed E-state index contributed by atoms with van der Waals surface area (Å²) in [6.45, 7) is 11.3. The number of rotatable bonds is 10. The van der Waals surface area contributed by atoms with Gasteiger partial charge in [0, 0.05) is 35.5 Å². The number of nitrogens with zero attached hydrogens (tertiary/aromatic N) is 3. The lowest BCUT2D eigenvalue weighted by molar-refractivity contribution is -0.119. The first-order chi connectivity index (χ1) is 23.5. The smallest absolute Gasteiger partial charge is 0.220 e. The molecule has 5 aromatic rings. The maximum Gasteiger partial charge on any atom is 0.220 e. The van der Waals surface area contributed by atoms with Gasteiger partial charge in [-0.3, -0.25) is 4.79 Å². The summed E-state index contributed by atoms with van der Waals surface area (Å²) in [7, 11) is -1.87. The van der Waals surface area contributed by atoms with Gasteiger partial charge in [-0.15, -0.1) is 0 Å². The summed E-state index contributed by atoms with van der Waals surface area (Å²) < 4.78 is 24.2. The second kappa shape index (κ2) is 14.2. The standard InChI is InChI=1S/C42H46FN3O2Si/c1-41(2,3)49(4,5)48-35-23-21-31(22-24-35)39(47)26-25-37-36(27-28-44-40(37)43)38-29-46(30-45-38)42(32-15-9-6-10-16-32,33-17-11-7-12-18-33)34-19-13-8-14-20-34/h6-20,25-31,35H,21-24H2,1-5H3. The van der Waals surface area contributed by atoms with Crippen LogP contribution in [0.25, 0.3) is 17.3 Å². The largest absolute Gasteiger partial charge is 0.414 e. The highest BCUT2D eigenvalue weighted by molar-refractivity contribution is 6.74. The minimum Gasteiger partial charge on any atom is -0.414 e. The van der Waals surface area contributed by atoms with Crippen molar-refractivity contribution in [1.82, 2.24) is 14.5 Å². The van der Waals surface area contributed by atoms with Crippen molar-refractivity contribution in [3.05, 3.63) is 150 Å². The van der Waals surface area contributed by atoms with Gasteiger partial charge in [0.15, 0.2) is 14.1 Å². The van der Waals surface area contributed by atoms with E-state index in [-0.39, 0.29) is 28.4 Å². The molecule has 1 saturated carbocycles. The normalized spacial score (nSPS) is 17.3. The number of carbonyl (C=O) groups is 1. The van der Waals surface area contributed by atoms with Crippen LogP contribution in [0.2, 0.25) is 18.1 Å². The second-order valence-electron chi connectivity index (χ2n) is 14.6. The van der Waals surface area contributed by atoms with Crippen LogP contribution in [0.3, 0.4) is 0 Å². The highest BCUT2D eigenvalue weighted by Gasteiger charge is 2.41. The van der Waals surface area contributed by atoms with E-state index >= 15 is 4.39 Å². The average molecular weight is 672 g/mol. The molecule has 3 aromatic carbocycles. The molecule has 49 heavy (non-hydrogen) atoms. The Morgan fingerprint density at radius 2 is 1.35 bits per heavy atom. The molecule has 7 heteroatoms. The second-order valence-corrected chi connectivity index (χ2v) is 19.4. The van der Waals surface area contributed by atoms with Crippen LogP contribution in [0.5, 0.6) is 0 Å². The molecule has 252 valence electrons. The van der Waals surface area contributed by atoms with Gasteiger partial charge in [-0.05, 0) is 78.7 Å². The third kappa shape index (κ3) is 7.01. The van der Waals surface area contributed by atoms with Crippen LogP contribution in [0.1, 0.15) is 68.7 Å². The topological polar surface area (TPSA) is 57.0 Å². The maximum absolute atomic E-state index is 15.4. The summed E-state index contributed by atoms with van der Waals surface area (Å²) in [6.07, 6.45) is 11.8. The van der Waals surface area contributed by atoms with Crippen LogP contribution in [0, 0.1) is 11.9 Å². The lowest BCUT2D eigenvalue weighted by Gasteiger charge is -2.41. The number of carbonyl (C=O) groups excluding carboxylic acids is 1. The molecule has 0 atom stereocenters. The summed E-state index contributed by atoms with van der Waals surface area (Å²) in [5.41, 5.74) is 3.85. The quantitative estimate of drug-likeness (QED) is 0.0642. The Labute approximate surface area is 291 Å². The Morgan fingerprint density at radius 3 is 1.86 bits per heavy atom. The summed E-state index contributed by atoms with van der Waals surface area (Å²) >= 11 is 0. The zero-order valence-electron chi connectivity index (χ0n) is 29.1. The van der Waals surface area contributed by atoms with E-state index in [9.17, 15) is 4.79 Å². The molecule has 5 nitrogen and oxygen atoms in total. The molecule has 0 N–H and O–H groups in total. The average Bonchev–Trinajstić information content (AvgIpc) is 3.59. The van der Waals surface area contributed by atoms with Gasteiger partial charge in [-0.25, -0.2) is 9.97 Å². The number of imidazole rings is 1. The van der Waals surface area contributed by atoms with E-state index < -0.39 is 19.8 Å². The van der Waals surface area contributed by atoms with Gasteiger partial charge in [-0.2, -0.15) is 4.39 Å². The number of aromatic nitrogens is 3. The lowest BCUT2D eigenvalue weighted by Crippen LogP contribution is -2.45. The van der Waals surface area contributed by atoms with Crippen molar-refractivity contribution in [2.24, 2.45) is 5.92 Å². The van der Waals surface area contributed by atoms with Gasteiger partial charge in [-0.1, -0.05) is 112 Å². The van der Waals surface area contributed by atoms with Gasteiger partial charge >= 0.3 is 0 Å². The molecule has 1 aliphatic carbocycles. The van der Waals surface area contributed by atoms with Crippen LogP contribution in [-0.4, -0.2) is 34.7 Å². The van der Waals surface area contributed by atoms with Crippen LogP contribution in [-0.2, 0) is 14.8 Å². The summed E-state index contributed by atoms with van der Waals surface area (Å²) in [5, 5.41) is 0.149. The fraction of sp³-hybridized carbons (Fsp3) is 0.310. The third-order valence-electron chi connectivity index (χ3n) is 10.5. The minimum atomic E-state index is -1.87. The number of halogens is 1. The van der Waals surface area contributed by atoms with E-state index in [1.807, 2.05) is 67.1 Å². The van der Waals surface area contributed by atoms with Gasteiger partial charge < -0.3 is 8.99 Å². The number of pyridine rings is 1. The SMILES string of the molecule is CC(C)(C)[Si](C)(C)OC1CCC(C(=O)C=Cc2c(-c3cn(C(c4ccccc4)(c4ccccc4)c4ccccc4)cn3)ccnc2F)CC1. The van der Waals surface area contributed by atoms with Gasteiger partial charge in [0.1, 0.15) is 5.54 Å². The molecule has 0 saturated heterocycles. The van der Waals surface area contributed by atoms with Crippen molar-refractivity contribution in [2.75, 3.05) is 0 Å². The summed E-state index contributed by atoms with van der Waals surface area (Å²) in [4.78, 5) is 22.2. The molecule has 0 radical (unpaired) electrons. The highest BCUT2D eigenvalue weighted by atomic mass is 28.4. The predicted octanol–water partition coefficient (Wildman–Crippen LogP) is 10.1.